The highest BCUT2D eigenvalue weighted by Gasteiger charge is 2.39. The molecule has 0 atom stereocenters. The molecule has 0 rings (SSSR count). The van der Waals surface area contributed by atoms with Crippen molar-refractivity contribution in [3.63, 3.8) is 0 Å². The second kappa shape index (κ2) is 4.46. The SMILES string of the molecule is CC(=O)CC(=O)C(C(C)(C)C)C(C)(C)C. The van der Waals surface area contributed by atoms with Crippen LogP contribution in [0.25, 0.3) is 0 Å². The fourth-order valence-corrected chi connectivity index (χ4v) is 2.61. The maximum Gasteiger partial charge on any atom is 0.144 e. The van der Waals surface area contributed by atoms with E-state index in [0.29, 0.717) is 0 Å². The van der Waals surface area contributed by atoms with Crippen LogP contribution in [0.3, 0.4) is 0 Å². The number of carbonyl (C=O) groups excluding carboxylic acids is 2. The van der Waals surface area contributed by atoms with Crippen LogP contribution in [0.4, 0.5) is 0 Å². The number of ketones is 2. The van der Waals surface area contributed by atoms with Gasteiger partial charge in [-0.2, -0.15) is 0 Å². The van der Waals surface area contributed by atoms with Gasteiger partial charge in [-0.05, 0) is 17.8 Å². The van der Waals surface area contributed by atoms with E-state index in [1.807, 2.05) is 0 Å². The number of rotatable bonds is 3. The number of hydrogen-bond acceptors (Lipinski definition) is 2. The highest BCUT2D eigenvalue weighted by molar-refractivity contribution is 5.99. The molecule has 0 saturated carbocycles. The molecule has 0 aliphatic rings. The molecule has 2 nitrogen and oxygen atoms in total. The summed E-state index contributed by atoms with van der Waals surface area (Å²) < 4.78 is 0. The summed E-state index contributed by atoms with van der Waals surface area (Å²) in [5, 5.41) is 0. The van der Waals surface area contributed by atoms with Crippen molar-refractivity contribution in [2.45, 2.75) is 54.9 Å². The first kappa shape index (κ1) is 14.3. The van der Waals surface area contributed by atoms with E-state index in [1.54, 1.807) is 0 Å². The molecule has 88 valence electrons. The zero-order chi connectivity index (χ0) is 12.4. The minimum Gasteiger partial charge on any atom is -0.300 e. The molecular weight excluding hydrogens is 188 g/mol. The highest BCUT2D eigenvalue weighted by Crippen LogP contribution is 2.40. The lowest BCUT2D eigenvalue weighted by Gasteiger charge is -2.39. The van der Waals surface area contributed by atoms with Crippen LogP contribution in [0.2, 0.25) is 0 Å². The molecule has 0 aliphatic heterocycles. The minimum atomic E-state index is -0.0925. The van der Waals surface area contributed by atoms with Crippen molar-refractivity contribution in [2.24, 2.45) is 16.7 Å². The van der Waals surface area contributed by atoms with Crippen molar-refractivity contribution in [1.82, 2.24) is 0 Å². The summed E-state index contributed by atoms with van der Waals surface area (Å²) in [5.74, 6) is -0.0464. The van der Waals surface area contributed by atoms with Crippen LogP contribution in [-0.2, 0) is 9.59 Å². The molecule has 0 aromatic rings. The molecule has 0 N–H and O–H groups in total. The smallest absolute Gasteiger partial charge is 0.144 e. The van der Waals surface area contributed by atoms with Crippen LogP contribution in [-0.4, -0.2) is 11.6 Å². The Hall–Kier alpha value is -0.660. The second-order valence-corrected chi connectivity index (χ2v) is 6.51. The Kier molecular flexibility index (Phi) is 4.26. The fraction of sp³-hybridized carbons (Fsp3) is 0.846. The molecule has 2 heteroatoms. The third-order valence-corrected chi connectivity index (χ3v) is 2.48. The Labute approximate surface area is 93.4 Å². The summed E-state index contributed by atoms with van der Waals surface area (Å²) in [6, 6.07) is 0. The average Bonchev–Trinajstić information content (AvgIpc) is 1.74. The predicted octanol–water partition coefficient (Wildman–Crippen LogP) is 3.24. The third kappa shape index (κ3) is 4.59. The normalized spacial score (nSPS) is 13.1. The third-order valence-electron chi connectivity index (χ3n) is 2.48. The fourth-order valence-electron chi connectivity index (χ4n) is 2.61. The molecule has 0 heterocycles. The summed E-state index contributed by atoms with van der Waals surface area (Å²) in [7, 11) is 0. The van der Waals surface area contributed by atoms with E-state index in [9.17, 15) is 9.59 Å². The first-order valence-electron chi connectivity index (χ1n) is 5.48. The van der Waals surface area contributed by atoms with Crippen molar-refractivity contribution < 1.29 is 9.59 Å². The lowest BCUT2D eigenvalue weighted by atomic mass is 9.64. The average molecular weight is 212 g/mol. The first-order chi connectivity index (χ1) is 6.46. The van der Waals surface area contributed by atoms with Crippen molar-refractivity contribution in [3.05, 3.63) is 0 Å². The summed E-state index contributed by atoms with van der Waals surface area (Å²) in [5.41, 5.74) is -0.185. The van der Waals surface area contributed by atoms with E-state index in [4.69, 9.17) is 0 Å². The Balaban J connectivity index is 4.98. The van der Waals surface area contributed by atoms with Crippen molar-refractivity contribution in [2.75, 3.05) is 0 Å². The Morgan fingerprint density at radius 3 is 1.47 bits per heavy atom. The van der Waals surface area contributed by atoms with Crippen LogP contribution < -0.4 is 0 Å². The molecule has 0 radical (unpaired) electrons. The zero-order valence-electron chi connectivity index (χ0n) is 11.1. The molecule has 15 heavy (non-hydrogen) atoms. The lowest BCUT2D eigenvalue weighted by Crippen LogP contribution is -2.39. The molecular formula is C13H24O2. The standard InChI is InChI=1S/C13H24O2/c1-9(14)8-10(15)11(12(2,3)4)13(5,6)7/h11H,8H2,1-7H3. The summed E-state index contributed by atoms with van der Waals surface area (Å²) in [6.07, 6.45) is 0.0687. The van der Waals surface area contributed by atoms with E-state index in [1.165, 1.54) is 6.92 Å². The van der Waals surface area contributed by atoms with Gasteiger partial charge in [0.05, 0.1) is 6.42 Å². The number of hydrogen-bond donors (Lipinski definition) is 0. The highest BCUT2D eigenvalue weighted by atomic mass is 16.1. The van der Waals surface area contributed by atoms with E-state index in [2.05, 4.69) is 41.5 Å². The maximum atomic E-state index is 12.0. The number of carbonyl (C=O) groups is 2. The van der Waals surface area contributed by atoms with Gasteiger partial charge in [0.2, 0.25) is 0 Å². The first-order valence-corrected chi connectivity index (χ1v) is 5.48. The monoisotopic (exact) mass is 212 g/mol. The van der Waals surface area contributed by atoms with E-state index in [-0.39, 0.29) is 34.7 Å². The topological polar surface area (TPSA) is 34.1 Å². The van der Waals surface area contributed by atoms with Gasteiger partial charge in [0.25, 0.3) is 0 Å². The predicted molar refractivity (Wildman–Crippen MR) is 62.7 cm³/mol. The van der Waals surface area contributed by atoms with Gasteiger partial charge >= 0.3 is 0 Å². The van der Waals surface area contributed by atoms with Gasteiger partial charge in [-0.1, -0.05) is 41.5 Å². The van der Waals surface area contributed by atoms with Crippen molar-refractivity contribution in [1.29, 1.82) is 0 Å². The molecule has 0 spiro atoms. The quantitative estimate of drug-likeness (QED) is 0.673. The van der Waals surface area contributed by atoms with Crippen LogP contribution in [0.5, 0.6) is 0 Å². The van der Waals surface area contributed by atoms with E-state index < -0.39 is 0 Å². The molecule has 0 fully saturated rings. The van der Waals surface area contributed by atoms with Crippen LogP contribution >= 0.6 is 0 Å². The zero-order valence-corrected chi connectivity index (χ0v) is 11.1. The largest absolute Gasteiger partial charge is 0.300 e. The maximum absolute atomic E-state index is 12.0. The summed E-state index contributed by atoms with van der Waals surface area (Å²) in [6.45, 7) is 13.8. The van der Waals surface area contributed by atoms with Gasteiger partial charge in [-0.25, -0.2) is 0 Å². The molecule has 0 aromatic heterocycles. The van der Waals surface area contributed by atoms with Gasteiger partial charge in [-0.3, -0.25) is 9.59 Å². The Morgan fingerprint density at radius 1 is 0.933 bits per heavy atom. The summed E-state index contributed by atoms with van der Waals surface area (Å²) >= 11 is 0. The summed E-state index contributed by atoms with van der Waals surface area (Å²) in [4.78, 5) is 23.0. The van der Waals surface area contributed by atoms with Gasteiger partial charge in [0.1, 0.15) is 11.6 Å². The van der Waals surface area contributed by atoms with Gasteiger partial charge in [0.15, 0.2) is 0 Å². The van der Waals surface area contributed by atoms with Gasteiger partial charge in [-0.15, -0.1) is 0 Å². The van der Waals surface area contributed by atoms with Gasteiger partial charge < -0.3 is 0 Å². The van der Waals surface area contributed by atoms with Crippen LogP contribution in [0.15, 0.2) is 0 Å². The van der Waals surface area contributed by atoms with Crippen LogP contribution in [0, 0.1) is 16.7 Å². The van der Waals surface area contributed by atoms with E-state index in [0.717, 1.165) is 0 Å². The lowest BCUT2D eigenvalue weighted by molar-refractivity contribution is -0.134. The molecule has 0 aliphatic carbocycles. The molecule has 0 unspecified atom stereocenters. The minimum absolute atomic E-state index is 0.0431. The molecule has 0 aromatic carbocycles. The van der Waals surface area contributed by atoms with Gasteiger partial charge in [0, 0.05) is 5.92 Å². The molecule has 0 amide bonds. The van der Waals surface area contributed by atoms with Crippen LogP contribution in [0.1, 0.15) is 54.9 Å². The van der Waals surface area contributed by atoms with Crippen molar-refractivity contribution >= 4 is 11.6 Å². The molecule has 0 bridgehead atoms. The Morgan fingerprint density at radius 2 is 1.27 bits per heavy atom. The molecule has 0 saturated heterocycles. The Bertz CT molecular complexity index is 237. The van der Waals surface area contributed by atoms with E-state index >= 15 is 0 Å². The van der Waals surface area contributed by atoms with Crippen molar-refractivity contribution in [3.8, 4) is 0 Å². The second-order valence-electron chi connectivity index (χ2n) is 6.51. The number of Topliss-reactive ketones (excluding diaryl/α,β-unsaturated/α-hetero) is 2.